The topological polar surface area (TPSA) is 61.4 Å². The molecule has 3 N–H and O–H groups in total. The van der Waals surface area contributed by atoms with Crippen LogP contribution in [0.15, 0.2) is 24.3 Å². The summed E-state index contributed by atoms with van der Waals surface area (Å²) in [5, 5.41) is 14.9. The first-order chi connectivity index (χ1) is 9.56. The van der Waals surface area contributed by atoms with Crippen molar-refractivity contribution in [3.8, 4) is 0 Å². The van der Waals surface area contributed by atoms with E-state index in [-0.39, 0.29) is 18.6 Å². The molecule has 4 nitrogen and oxygen atoms in total. The Morgan fingerprint density at radius 1 is 1.40 bits per heavy atom. The molecular weight excluding hydrogens is 272 g/mol. The molecule has 0 saturated heterocycles. The van der Waals surface area contributed by atoms with Crippen LogP contribution in [0, 0.1) is 5.92 Å². The maximum atomic E-state index is 11.8. The van der Waals surface area contributed by atoms with E-state index < -0.39 is 0 Å². The van der Waals surface area contributed by atoms with Gasteiger partial charge in [-0.25, -0.2) is 4.79 Å². The summed E-state index contributed by atoms with van der Waals surface area (Å²) in [7, 11) is 0. The van der Waals surface area contributed by atoms with Gasteiger partial charge in [-0.05, 0) is 43.2 Å². The number of carbonyl (C=O) groups excluding carboxylic acids is 1. The van der Waals surface area contributed by atoms with E-state index in [9.17, 15) is 4.79 Å². The van der Waals surface area contributed by atoms with Crippen molar-refractivity contribution >= 4 is 23.5 Å². The Morgan fingerprint density at radius 2 is 2.15 bits per heavy atom. The molecule has 112 valence electrons. The number of hydrogen-bond donors (Lipinski definition) is 3. The minimum Gasteiger partial charge on any atom is -0.396 e. The number of hydrogen-bond acceptors (Lipinski definition) is 3. The van der Waals surface area contributed by atoms with Crippen LogP contribution < -0.4 is 10.6 Å². The molecule has 2 amide bonds. The number of amides is 2. The number of carbonyl (C=O) groups is 1. The maximum absolute atomic E-state index is 11.8. The molecule has 0 bridgehead atoms. The van der Waals surface area contributed by atoms with Crippen LogP contribution in [-0.4, -0.2) is 30.5 Å². The zero-order valence-corrected chi connectivity index (χ0v) is 13.2. The van der Waals surface area contributed by atoms with Crippen molar-refractivity contribution in [3.63, 3.8) is 0 Å². The van der Waals surface area contributed by atoms with Gasteiger partial charge in [0.1, 0.15) is 0 Å². The zero-order chi connectivity index (χ0) is 15.0. The zero-order valence-electron chi connectivity index (χ0n) is 12.3. The summed E-state index contributed by atoms with van der Waals surface area (Å²) in [4.78, 5) is 11.8. The Hall–Kier alpha value is -1.20. The lowest BCUT2D eigenvalue weighted by molar-refractivity contribution is 0.243. The fraction of sp³-hybridized carbons (Fsp3) is 0.533. The van der Waals surface area contributed by atoms with Gasteiger partial charge >= 0.3 is 6.03 Å². The van der Waals surface area contributed by atoms with E-state index in [2.05, 4.69) is 29.9 Å². The fourth-order valence-corrected chi connectivity index (χ4v) is 2.19. The number of benzene rings is 1. The first-order valence-electron chi connectivity index (χ1n) is 6.85. The second kappa shape index (κ2) is 8.87. The summed E-state index contributed by atoms with van der Waals surface area (Å²) >= 11 is 1.77. The van der Waals surface area contributed by atoms with Crippen molar-refractivity contribution in [1.29, 1.82) is 0 Å². The molecule has 1 aromatic carbocycles. The number of aliphatic hydroxyl groups is 1. The Labute approximate surface area is 125 Å². The number of anilines is 1. The molecule has 5 heteroatoms. The lowest BCUT2D eigenvalue weighted by Crippen LogP contribution is -2.32. The van der Waals surface area contributed by atoms with Crippen molar-refractivity contribution in [2.24, 2.45) is 5.92 Å². The largest absolute Gasteiger partial charge is 0.396 e. The molecule has 0 fully saturated rings. The highest BCUT2D eigenvalue weighted by Gasteiger charge is 2.07. The monoisotopic (exact) mass is 296 g/mol. The van der Waals surface area contributed by atoms with Gasteiger partial charge in [-0.1, -0.05) is 19.1 Å². The summed E-state index contributed by atoms with van der Waals surface area (Å²) in [6, 6.07) is 7.69. The maximum Gasteiger partial charge on any atom is 0.319 e. The van der Waals surface area contributed by atoms with E-state index in [1.807, 2.05) is 25.1 Å². The Bertz CT molecular complexity index is 426. The SMILES string of the molecule is CS[C@H](C)c1cccc(NC(=O)NC[C@H](C)CCO)c1. The van der Waals surface area contributed by atoms with Gasteiger partial charge in [0.2, 0.25) is 0 Å². The van der Waals surface area contributed by atoms with Gasteiger partial charge in [0.05, 0.1) is 0 Å². The first kappa shape index (κ1) is 16.9. The highest BCUT2D eigenvalue weighted by molar-refractivity contribution is 7.98. The van der Waals surface area contributed by atoms with Crippen LogP contribution >= 0.6 is 11.8 Å². The molecule has 0 aliphatic heterocycles. The Kier molecular flexibility index (Phi) is 7.47. The Morgan fingerprint density at radius 3 is 2.80 bits per heavy atom. The second-order valence-electron chi connectivity index (χ2n) is 4.96. The van der Waals surface area contributed by atoms with E-state index in [1.165, 1.54) is 5.56 Å². The van der Waals surface area contributed by atoms with E-state index in [1.54, 1.807) is 11.8 Å². The second-order valence-corrected chi connectivity index (χ2v) is 6.13. The summed E-state index contributed by atoms with van der Waals surface area (Å²) in [6.07, 6.45) is 2.76. The molecular formula is C15H24N2O2S. The molecule has 0 aromatic heterocycles. The first-order valence-corrected chi connectivity index (χ1v) is 8.14. The third kappa shape index (κ3) is 5.84. The summed E-state index contributed by atoms with van der Waals surface area (Å²) in [6.45, 7) is 4.85. The third-order valence-electron chi connectivity index (χ3n) is 3.20. The van der Waals surface area contributed by atoms with E-state index in [0.717, 1.165) is 5.69 Å². The summed E-state index contributed by atoms with van der Waals surface area (Å²) in [5.41, 5.74) is 2.00. The molecule has 1 rings (SSSR count). The lowest BCUT2D eigenvalue weighted by Gasteiger charge is -2.13. The van der Waals surface area contributed by atoms with Gasteiger partial charge in [-0.15, -0.1) is 0 Å². The average molecular weight is 296 g/mol. The van der Waals surface area contributed by atoms with E-state index in [4.69, 9.17) is 5.11 Å². The predicted molar refractivity (Wildman–Crippen MR) is 86.3 cm³/mol. The van der Waals surface area contributed by atoms with Gasteiger partial charge in [0.15, 0.2) is 0 Å². The van der Waals surface area contributed by atoms with Crippen LogP contribution in [0.2, 0.25) is 0 Å². The molecule has 0 heterocycles. The molecule has 0 aliphatic carbocycles. The number of nitrogens with one attached hydrogen (secondary N) is 2. The third-order valence-corrected chi connectivity index (χ3v) is 4.18. The van der Waals surface area contributed by atoms with Crippen LogP contribution in [0.5, 0.6) is 0 Å². The summed E-state index contributed by atoms with van der Waals surface area (Å²) < 4.78 is 0. The van der Waals surface area contributed by atoms with Crippen molar-refractivity contribution in [2.45, 2.75) is 25.5 Å². The number of aliphatic hydroxyl groups excluding tert-OH is 1. The molecule has 0 radical (unpaired) electrons. The Balaban J connectivity index is 2.49. The van der Waals surface area contributed by atoms with Crippen LogP contribution in [-0.2, 0) is 0 Å². The van der Waals surface area contributed by atoms with Crippen molar-refractivity contribution in [3.05, 3.63) is 29.8 Å². The molecule has 1 aromatic rings. The van der Waals surface area contributed by atoms with Crippen LogP contribution in [0.1, 0.15) is 31.1 Å². The van der Waals surface area contributed by atoms with Gasteiger partial charge in [0.25, 0.3) is 0 Å². The highest BCUT2D eigenvalue weighted by atomic mass is 32.2. The molecule has 0 spiro atoms. The van der Waals surface area contributed by atoms with E-state index >= 15 is 0 Å². The minimum absolute atomic E-state index is 0.152. The van der Waals surface area contributed by atoms with Gasteiger partial charge in [-0.3, -0.25) is 0 Å². The fourth-order valence-electron chi connectivity index (χ4n) is 1.77. The number of urea groups is 1. The normalized spacial score (nSPS) is 13.6. The predicted octanol–water partition coefficient (Wildman–Crippen LogP) is 3.25. The average Bonchev–Trinajstić information content (AvgIpc) is 2.45. The molecule has 20 heavy (non-hydrogen) atoms. The van der Waals surface area contributed by atoms with Crippen LogP contribution in [0.3, 0.4) is 0 Å². The minimum atomic E-state index is -0.205. The number of rotatable bonds is 7. The van der Waals surface area contributed by atoms with Crippen LogP contribution in [0.4, 0.5) is 10.5 Å². The van der Waals surface area contributed by atoms with Gasteiger partial charge < -0.3 is 15.7 Å². The van der Waals surface area contributed by atoms with Crippen molar-refractivity contribution in [2.75, 3.05) is 24.7 Å². The molecule has 0 saturated carbocycles. The highest BCUT2D eigenvalue weighted by Crippen LogP contribution is 2.27. The molecule has 2 atom stereocenters. The van der Waals surface area contributed by atoms with Crippen molar-refractivity contribution in [1.82, 2.24) is 5.32 Å². The lowest BCUT2D eigenvalue weighted by atomic mass is 10.1. The summed E-state index contributed by atoms with van der Waals surface area (Å²) in [5.74, 6) is 0.272. The molecule has 0 unspecified atom stereocenters. The quantitative estimate of drug-likeness (QED) is 0.724. The smallest absolute Gasteiger partial charge is 0.319 e. The number of thioether (sulfide) groups is 1. The van der Waals surface area contributed by atoms with Gasteiger partial charge in [-0.2, -0.15) is 11.8 Å². The van der Waals surface area contributed by atoms with Crippen LogP contribution in [0.25, 0.3) is 0 Å². The standard InChI is InChI=1S/C15H24N2O2S/c1-11(7-8-18)10-16-15(19)17-14-6-4-5-13(9-14)12(2)20-3/h4-6,9,11-12,18H,7-8,10H2,1-3H3,(H2,16,17,19)/t11-,12-/m1/s1. The molecule has 0 aliphatic rings. The van der Waals surface area contributed by atoms with Crippen molar-refractivity contribution < 1.29 is 9.90 Å². The van der Waals surface area contributed by atoms with E-state index in [0.29, 0.717) is 18.2 Å². The van der Waals surface area contributed by atoms with Gasteiger partial charge in [0, 0.05) is 24.1 Å².